The summed E-state index contributed by atoms with van der Waals surface area (Å²) in [5, 5.41) is 50.0. The number of aromatic nitrogens is 1. The smallest absolute Gasteiger partial charge is 0.407 e. The quantitative estimate of drug-likeness (QED) is 0.0209. The molecule has 1 aromatic heterocycles. The maximum atomic E-state index is 15.4. The van der Waals surface area contributed by atoms with Crippen molar-refractivity contribution in [3.8, 4) is 0 Å². The number of carboxylic acid groups (broad SMARTS) is 2. The summed E-state index contributed by atoms with van der Waals surface area (Å²) in [5.74, 6) is -12.0. The van der Waals surface area contributed by atoms with E-state index in [4.69, 9.17) is 19.9 Å². The number of ether oxygens (including phenoxy) is 3. The first-order chi connectivity index (χ1) is 56.8. The van der Waals surface area contributed by atoms with Crippen LogP contribution < -0.4 is 64.2 Å². The van der Waals surface area contributed by atoms with Crippen LogP contribution in [0.2, 0.25) is 0 Å². The summed E-state index contributed by atoms with van der Waals surface area (Å²) in [5.41, 5.74) is 8.46. The number of piperazine rings is 1. The molecule has 37 nitrogen and oxygen atoms in total. The highest BCUT2D eigenvalue weighted by molar-refractivity contribution is 6.00. The first-order valence-electron chi connectivity index (χ1n) is 40.3. The highest BCUT2D eigenvalue weighted by Gasteiger charge is 2.42. The Morgan fingerprint density at radius 3 is 1.85 bits per heavy atom. The molecule has 16 N–H and O–H groups in total. The fourth-order valence-electron chi connectivity index (χ4n) is 13.8. The number of H-pyrrole nitrogens is 1. The summed E-state index contributed by atoms with van der Waals surface area (Å²) in [6.45, 7) is 5.77. The van der Waals surface area contributed by atoms with Crippen LogP contribution in [0, 0.1) is 0 Å². The monoisotopic (exact) mass is 1650 g/mol. The van der Waals surface area contributed by atoms with Crippen molar-refractivity contribution in [2.45, 2.75) is 171 Å². The molecule has 118 heavy (non-hydrogen) atoms. The van der Waals surface area contributed by atoms with Crippen LogP contribution in [0.5, 0.6) is 0 Å². The van der Waals surface area contributed by atoms with Gasteiger partial charge in [-0.2, -0.15) is 0 Å². The van der Waals surface area contributed by atoms with E-state index >= 15 is 14.4 Å². The molecule has 0 spiro atoms. The highest BCUT2D eigenvalue weighted by atomic mass is 16.5. The molecule has 0 radical (unpaired) electrons. The third-order valence-corrected chi connectivity index (χ3v) is 20.3. The van der Waals surface area contributed by atoms with Crippen molar-refractivity contribution < 1.29 is 96.3 Å². The van der Waals surface area contributed by atoms with Gasteiger partial charge in [0.25, 0.3) is 0 Å². The lowest BCUT2D eigenvalue weighted by atomic mass is 9.99. The molecule has 3 aliphatic heterocycles. The van der Waals surface area contributed by atoms with E-state index in [-0.39, 0.29) is 149 Å². The zero-order chi connectivity index (χ0) is 85.3. The molecule has 8 atom stereocenters. The number of urea groups is 1. The van der Waals surface area contributed by atoms with Gasteiger partial charge in [-0.3, -0.25) is 67.2 Å². The molecule has 14 amide bonds. The Bertz CT molecular complexity index is 4030. The number of hydrogen-bond donors (Lipinski definition) is 15. The van der Waals surface area contributed by atoms with Crippen LogP contribution >= 0.6 is 0 Å². The lowest BCUT2D eigenvalue weighted by Gasteiger charge is -2.33. The van der Waals surface area contributed by atoms with Crippen LogP contribution in [-0.2, 0) is 102 Å². The second kappa shape index (κ2) is 50.1. The van der Waals surface area contributed by atoms with Crippen molar-refractivity contribution in [3.05, 3.63) is 120 Å². The molecule has 0 bridgehead atoms. The van der Waals surface area contributed by atoms with E-state index in [1.54, 1.807) is 90.0 Å². The topological polar surface area (TPSA) is 511 Å². The number of hydrogen-bond acceptors (Lipinski definition) is 20. The number of aliphatic carboxylic acids is 2. The van der Waals surface area contributed by atoms with Gasteiger partial charge < -0.3 is 108 Å². The van der Waals surface area contributed by atoms with E-state index in [1.807, 2.05) is 6.92 Å². The van der Waals surface area contributed by atoms with Crippen LogP contribution in [0.3, 0.4) is 0 Å². The number of carbonyl (C=O) groups is 15. The standard InChI is InChI=1S/C81H115N17O20/c1-4-6-7-11-23-61-75(109)92-63(45-56-48-85-58-22-13-12-21-57(56)58)73(107)87-49-67(99)89-60(25-14-16-32-83-80(114)97-37-35-96(36-38-97)51-71(104)105)74(108)94-64(46-70(102)103)79(113)98-34-18-26-65(98)77(111)91-59(24-15-17-33-84-81(115)118-39-5-2)72(106)88-50-69(101)95(3)66(44-53-19-9-8-10-20-53)78(112)93-62(76(110)90-61)43-54-27-29-55(30-28-54)47-86-68(100)52-117-42-41-116-40-31-82/h5,8-10,12-13,19-22,27-30,48,59-66,85H,2,4,6-7,11,14-18,23-26,31-47,49-52,82H2,1,3H3,(H,83,114)(H,84,115)(H,86,100)(H,87,107)(H,88,106)(H,89,99)(H,90,110)(H,91,111)(H,92,109)(H,93,112)(H,94,108)(H,102,103)(H,104,105)/t59-,60-,61-,62-,63-,64-,65+,66-/m0/s1. The van der Waals surface area contributed by atoms with E-state index in [0.717, 1.165) is 22.6 Å². The van der Waals surface area contributed by atoms with Gasteiger partial charge in [0.1, 0.15) is 61.5 Å². The number of rotatable bonds is 36. The number of para-hydroxylation sites is 1. The molecular formula is C81H115N17O20. The normalized spacial score (nSPS) is 20.8. The largest absolute Gasteiger partial charge is 0.481 e. The van der Waals surface area contributed by atoms with Crippen molar-refractivity contribution in [2.24, 2.45) is 5.73 Å². The van der Waals surface area contributed by atoms with Gasteiger partial charge in [-0.15, -0.1) is 0 Å². The van der Waals surface area contributed by atoms with Gasteiger partial charge in [-0.05, 0) is 86.1 Å². The number of unbranched alkanes of at least 4 members (excludes halogenated alkanes) is 5. The zero-order valence-electron chi connectivity index (χ0n) is 67.1. The molecule has 3 aromatic carbocycles. The SMILES string of the molecule is C=CCOC(=O)NCCCC[C@@H]1NC(=O)[C@H]2CCCN2C(=O)[C@H](CC(=O)O)NC(=O)[C@H](CCCCNC(=O)N2CCN(CC(=O)O)CC2)NC(=O)CNC(=O)[C@H](Cc2c[nH]c3ccccc23)NC(=O)[C@H](CCCCCC)NC(=O)[C@H](Cc2ccc(CNC(=O)COCCOCCN)cc2)NC(=O)[C@H](Cc2ccccc2)N(C)C(=O)CNC1=O. The van der Waals surface area contributed by atoms with Crippen LogP contribution in [0.1, 0.15) is 119 Å². The number of carboxylic acids is 2. The number of carbonyl (C=O) groups excluding carboxylic acids is 13. The third-order valence-electron chi connectivity index (χ3n) is 20.3. The van der Waals surface area contributed by atoms with Gasteiger partial charge in [-0.1, -0.05) is 118 Å². The van der Waals surface area contributed by atoms with Crippen LogP contribution in [0.15, 0.2) is 97.7 Å². The van der Waals surface area contributed by atoms with E-state index < -0.39 is 157 Å². The molecule has 3 saturated heterocycles. The average Bonchev–Trinajstić information content (AvgIpc) is 1.64. The van der Waals surface area contributed by atoms with Crippen molar-refractivity contribution in [1.29, 1.82) is 0 Å². The maximum Gasteiger partial charge on any atom is 0.407 e. The summed E-state index contributed by atoms with van der Waals surface area (Å²) in [6.07, 6.45) is 3.89. The Hall–Kier alpha value is -11.6. The summed E-state index contributed by atoms with van der Waals surface area (Å²) in [7, 11) is 1.33. The fourth-order valence-corrected chi connectivity index (χ4v) is 13.8. The molecular weight excluding hydrogens is 1530 g/mol. The number of likely N-dealkylation sites (N-methyl/N-ethyl adjacent to an activating group) is 1. The van der Waals surface area contributed by atoms with Crippen molar-refractivity contribution >= 4 is 99.9 Å². The first kappa shape index (κ1) is 93.6. The van der Waals surface area contributed by atoms with Crippen LogP contribution in [-0.4, -0.2) is 284 Å². The average molecular weight is 1650 g/mol. The van der Waals surface area contributed by atoms with Gasteiger partial charge in [0.2, 0.25) is 65.0 Å². The molecule has 4 heterocycles. The minimum absolute atomic E-state index is 0.00102. The van der Waals surface area contributed by atoms with Gasteiger partial charge in [0, 0.05) is 102 Å². The van der Waals surface area contributed by atoms with Crippen molar-refractivity contribution in [1.82, 2.24) is 83.1 Å². The number of nitrogens with zero attached hydrogens (tertiary/aromatic N) is 4. The Kier molecular flexibility index (Phi) is 39.8. The van der Waals surface area contributed by atoms with Gasteiger partial charge in [-0.25, -0.2) is 9.59 Å². The van der Waals surface area contributed by atoms with Crippen molar-refractivity contribution in [2.75, 3.05) is 112 Å². The molecule has 3 aliphatic rings. The van der Waals surface area contributed by atoms with E-state index in [0.29, 0.717) is 72.2 Å². The summed E-state index contributed by atoms with van der Waals surface area (Å²) in [4.78, 5) is 220. The predicted molar refractivity (Wildman–Crippen MR) is 431 cm³/mol. The summed E-state index contributed by atoms with van der Waals surface area (Å²) < 4.78 is 15.7. The number of nitrogens with one attached hydrogen (secondary N) is 12. The third kappa shape index (κ3) is 31.8. The van der Waals surface area contributed by atoms with Gasteiger partial charge in [0.15, 0.2) is 0 Å². The molecule has 37 heteroatoms. The number of alkyl carbamates (subject to hydrolysis) is 1. The van der Waals surface area contributed by atoms with E-state index in [2.05, 4.69) is 70.0 Å². The summed E-state index contributed by atoms with van der Waals surface area (Å²) in [6, 6.07) is 10.1. The van der Waals surface area contributed by atoms with E-state index in [9.17, 15) is 67.7 Å². The number of fused-ring (bicyclic) bond motifs is 2. The molecule has 7 rings (SSSR count). The molecule has 3 fully saturated rings. The highest BCUT2D eigenvalue weighted by Crippen LogP contribution is 2.23. The number of benzene rings is 3. The van der Waals surface area contributed by atoms with E-state index in [1.165, 1.54) is 18.0 Å². The Morgan fingerprint density at radius 2 is 1.16 bits per heavy atom. The number of nitrogens with two attached hydrogens (primary N) is 1. The molecule has 644 valence electrons. The minimum Gasteiger partial charge on any atom is -0.481 e. The van der Waals surface area contributed by atoms with Gasteiger partial charge in [0.05, 0.1) is 45.9 Å². The van der Waals surface area contributed by atoms with Crippen molar-refractivity contribution in [3.63, 3.8) is 0 Å². The second-order valence-corrected chi connectivity index (χ2v) is 29.2. The fraction of sp³-hybridized carbons (Fsp3) is 0.543. The Morgan fingerprint density at radius 1 is 0.576 bits per heavy atom. The maximum absolute atomic E-state index is 15.4. The van der Waals surface area contributed by atoms with Crippen LogP contribution in [0.25, 0.3) is 10.9 Å². The molecule has 0 unspecified atom stereocenters. The molecule has 0 saturated carbocycles. The Labute approximate surface area is 685 Å². The predicted octanol–water partition coefficient (Wildman–Crippen LogP) is -0.114. The Balaban J connectivity index is 1.25. The minimum atomic E-state index is -1.87. The summed E-state index contributed by atoms with van der Waals surface area (Å²) >= 11 is 0. The second-order valence-electron chi connectivity index (χ2n) is 29.2. The lowest BCUT2D eigenvalue weighted by Crippen LogP contribution is -2.60. The van der Waals surface area contributed by atoms with Gasteiger partial charge >= 0.3 is 24.1 Å². The molecule has 0 aliphatic carbocycles. The number of aromatic amines is 1. The number of amides is 14. The molecule has 4 aromatic rings. The lowest BCUT2D eigenvalue weighted by molar-refractivity contribution is -0.146. The van der Waals surface area contributed by atoms with Crippen LogP contribution in [0.4, 0.5) is 9.59 Å². The zero-order valence-corrected chi connectivity index (χ0v) is 67.1. The first-order valence-corrected chi connectivity index (χ1v) is 40.3.